The lowest BCUT2D eigenvalue weighted by Crippen LogP contribution is -2.48. The highest BCUT2D eigenvalue weighted by molar-refractivity contribution is 7.91. The molecule has 0 bridgehead atoms. The number of nitrogens with zero attached hydrogens (tertiary/aromatic N) is 2. The largest absolute Gasteiger partial charge is 0.351 e. The van der Waals surface area contributed by atoms with Crippen molar-refractivity contribution in [3.63, 3.8) is 0 Å². The van der Waals surface area contributed by atoms with Gasteiger partial charge in [-0.3, -0.25) is 9.78 Å². The molecular formula is C16H20N4O3S2. The number of carbonyl (C=O) groups excluding carboxylic acids is 1. The molecule has 2 aromatic rings. The van der Waals surface area contributed by atoms with Gasteiger partial charge in [-0.1, -0.05) is 6.07 Å². The minimum atomic E-state index is -3.61. The number of hydrogen-bond acceptors (Lipinski definition) is 6. The summed E-state index contributed by atoms with van der Waals surface area (Å²) in [6.07, 6.45) is 3.38. The highest BCUT2D eigenvalue weighted by Crippen LogP contribution is 2.31. The first-order valence-corrected chi connectivity index (χ1v) is 10.2. The van der Waals surface area contributed by atoms with Gasteiger partial charge in [-0.15, -0.1) is 11.3 Å². The van der Waals surface area contributed by atoms with Crippen molar-refractivity contribution in [2.24, 2.45) is 0 Å². The first-order valence-electron chi connectivity index (χ1n) is 7.94. The summed E-state index contributed by atoms with van der Waals surface area (Å²) in [6.45, 7) is 3.34. The molecule has 1 aliphatic rings. The lowest BCUT2D eigenvalue weighted by molar-refractivity contribution is -0.119. The maximum atomic E-state index is 13.1. The predicted molar refractivity (Wildman–Crippen MR) is 95.6 cm³/mol. The van der Waals surface area contributed by atoms with Gasteiger partial charge in [-0.2, -0.15) is 4.31 Å². The van der Waals surface area contributed by atoms with Crippen LogP contribution in [0.1, 0.15) is 23.4 Å². The number of carbonyl (C=O) groups is 1. The average Bonchev–Trinajstić information content (AvgIpc) is 3.11. The lowest BCUT2D eigenvalue weighted by Gasteiger charge is -2.34. The van der Waals surface area contributed by atoms with Crippen LogP contribution < -0.4 is 10.6 Å². The number of nitrogens with one attached hydrogen (secondary N) is 2. The maximum Gasteiger partial charge on any atom is 0.253 e. The number of thiophene rings is 1. The molecule has 0 aliphatic carbocycles. The highest BCUT2D eigenvalue weighted by atomic mass is 32.2. The van der Waals surface area contributed by atoms with E-state index in [2.05, 4.69) is 15.6 Å². The number of pyridine rings is 1. The summed E-state index contributed by atoms with van der Waals surface area (Å²) in [6, 6.07) is 6.78. The SMILES string of the molecule is CC(=O)NCc1ccc(S(=O)(=O)N2CCNCC2c2cccnc2)s1. The number of hydrogen-bond donors (Lipinski definition) is 2. The summed E-state index contributed by atoms with van der Waals surface area (Å²) < 4.78 is 28.1. The molecule has 1 atom stereocenters. The van der Waals surface area contributed by atoms with Gasteiger partial charge in [0.15, 0.2) is 0 Å². The second-order valence-electron chi connectivity index (χ2n) is 5.75. The third-order valence-corrected chi connectivity index (χ3v) is 7.44. The van der Waals surface area contributed by atoms with E-state index in [0.717, 1.165) is 10.4 Å². The van der Waals surface area contributed by atoms with Crippen LogP contribution in [0, 0.1) is 0 Å². The molecule has 3 rings (SSSR count). The molecule has 25 heavy (non-hydrogen) atoms. The summed E-state index contributed by atoms with van der Waals surface area (Å²) in [5.74, 6) is -0.142. The molecule has 1 unspecified atom stereocenters. The zero-order chi connectivity index (χ0) is 17.9. The van der Waals surface area contributed by atoms with Crippen LogP contribution in [-0.2, 0) is 21.4 Å². The second-order valence-corrected chi connectivity index (χ2v) is 9.04. The zero-order valence-electron chi connectivity index (χ0n) is 13.8. The third kappa shape index (κ3) is 4.06. The molecule has 0 saturated carbocycles. The molecule has 9 heteroatoms. The Morgan fingerprint density at radius 1 is 1.44 bits per heavy atom. The predicted octanol–water partition coefficient (Wildman–Crippen LogP) is 1.11. The molecule has 1 amide bonds. The Bertz CT molecular complexity index is 836. The molecule has 1 aliphatic heterocycles. The van der Waals surface area contributed by atoms with Gasteiger partial charge in [0, 0.05) is 43.8 Å². The Balaban J connectivity index is 1.86. The first-order chi connectivity index (χ1) is 12.0. The van der Waals surface area contributed by atoms with E-state index in [0.29, 0.717) is 30.4 Å². The average molecular weight is 380 g/mol. The van der Waals surface area contributed by atoms with E-state index in [4.69, 9.17) is 0 Å². The molecule has 134 valence electrons. The molecule has 7 nitrogen and oxygen atoms in total. The number of amides is 1. The van der Waals surface area contributed by atoms with Crippen molar-refractivity contribution in [3.05, 3.63) is 47.1 Å². The van der Waals surface area contributed by atoms with E-state index >= 15 is 0 Å². The molecular weight excluding hydrogens is 360 g/mol. The molecule has 2 aromatic heterocycles. The Morgan fingerprint density at radius 3 is 3.00 bits per heavy atom. The van der Waals surface area contributed by atoms with Gasteiger partial charge >= 0.3 is 0 Å². The Kier molecular flexibility index (Phi) is 5.48. The van der Waals surface area contributed by atoms with Crippen LogP contribution in [0.25, 0.3) is 0 Å². The van der Waals surface area contributed by atoms with Gasteiger partial charge < -0.3 is 10.6 Å². The number of sulfonamides is 1. The van der Waals surface area contributed by atoms with Crippen molar-refractivity contribution in [2.45, 2.75) is 23.7 Å². The summed E-state index contributed by atoms with van der Waals surface area (Å²) in [4.78, 5) is 15.9. The quantitative estimate of drug-likeness (QED) is 0.811. The molecule has 1 fully saturated rings. The van der Waals surface area contributed by atoms with Gasteiger partial charge in [-0.05, 0) is 23.8 Å². The minimum absolute atomic E-state index is 0.142. The van der Waals surface area contributed by atoms with Gasteiger partial charge in [0.2, 0.25) is 5.91 Å². The van der Waals surface area contributed by atoms with Crippen molar-refractivity contribution in [3.8, 4) is 0 Å². The fraction of sp³-hybridized carbons (Fsp3) is 0.375. The first kappa shape index (κ1) is 18.0. The molecule has 1 saturated heterocycles. The fourth-order valence-corrected chi connectivity index (χ4v) is 5.79. The number of aromatic nitrogens is 1. The topological polar surface area (TPSA) is 91.4 Å². The monoisotopic (exact) mass is 380 g/mol. The normalized spacial score (nSPS) is 18.8. The lowest BCUT2D eigenvalue weighted by atomic mass is 10.1. The van der Waals surface area contributed by atoms with E-state index in [1.165, 1.54) is 22.6 Å². The van der Waals surface area contributed by atoms with Crippen LogP contribution in [0.3, 0.4) is 0 Å². The van der Waals surface area contributed by atoms with Crippen molar-refractivity contribution in [1.29, 1.82) is 0 Å². The highest BCUT2D eigenvalue weighted by Gasteiger charge is 2.35. The molecule has 0 aromatic carbocycles. The molecule has 3 heterocycles. The smallest absolute Gasteiger partial charge is 0.253 e. The molecule has 0 radical (unpaired) electrons. The van der Waals surface area contributed by atoms with E-state index in [-0.39, 0.29) is 11.9 Å². The van der Waals surface area contributed by atoms with Crippen LogP contribution in [0.2, 0.25) is 0 Å². The van der Waals surface area contributed by atoms with E-state index < -0.39 is 10.0 Å². The van der Waals surface area contributed by atoms with Crippen LogP contribution in [0.4, 0.5) is 0 Å². The number of rotatable bonds is 5. The standard InChI is InChI=1S/C16H20N4O3S2/c1-12(21)19-10-14-4-5-16(24-14)25(22,23)20-8-7-18-11-15(20)13-3-2-6-17-9-13/h2-6,9,15,18H,7-8,10-11H2,1H3,(H,19,21). The number of piperazine rings is 1. The van der Waals surface area contributed by atoms with Crippen LogP contribution in [-0.4, -0.2) is 43.2 Å². The van der Waals surface area contributed by atoms with Gasteiger partial charge in [-0.25, -0.2) is 8.42 Å². The van der Waals surface area contributed by atoms with Gasteiger partial charge in [0.25, 0.3) is 10.0 Å². The summed E-state index contributed by atoms with van der Waals surface area (Å²) in [5.41, 5.74) is 0.869. The van der Waals surface area contributed by atoms with Crippen molar-refractivity contribution < 1.29 is 13.2 Å². The summed E-state index contributed by atoms with van der Waals surface area (Å²) in [7, 11) is -3.61. The zero-order valence-corrected chi connectivity index (χ0v) is 15.4. The fourth-order valence-electron chi connectivity index (χ4n) is 2.75. The summed E-state index contributed by atoms with van der Waals surface area (Å²) >= 11 is 1.19. The van der Waals surface area contributed by atoms with Gasteiger partial charge in [0.05, 0.1) is 12.6 Å². The van der Waals surface area contributed by atoms with Crippen LogP contribution in [0.5, 0.6) is 0 Å². The maximum absolute atomic E-state index is 13.1. The van der Waals surface area contributed by atoms with Crippen molar-refractivity contribution in [1.82, 2.24) is 19.9 Å². The van der Waals surface area contributed by atoms with Gasteiger partial charge in [0.1, 0.15) is 4.21 Å². The van der Waals surface area contributed by atoms with E-state index in [1.807, 2.05) is 12.1 Å². The van der Waals surface area contributed by atoms with E-state index in [9.17, 15) is 13.2 Å². The Hall–Kier alpha value is -1.81. The van der Waals surface area contributed by atoms with Crippen molar-refractivity contribution >= 4 is 27.3 Å². The molecule has 2 N–H and O–H groups in total. The van der Waals surface area contributed by atoms with Crippen LogP contribution in [0.15, 0.2) is 40.9 Å². The van der Waals surface area contributed by atoms with Crippen molar-refractivity contribution in [2.75, 3.05) is 19.6 Å². The third-order valence-electron chi connectivity index (χ3n) is 3.97. The van der Waals surface area contributed by atoms with E-state index in [1.54, 1.807) is 24.5 Å². The van der Waals surface area contributed by atoms with Crippen LogP contribution >= 0.6 is 11.3 Å². The summed E-state index contributed by atoms with van der Waals surface area (Å²) in [5, 5.41) is 5.93. The Labute approximate surface area is 151 Å². The molecule has 0 spiro atoms. The minimum Gasteiger partial charge on any atom is -0.351 e. The Morgan fingerprint density at radius 2 is 2.28 bits per heavy atom. The second kappa shape index (κ2) is 7.61.